The van der Waals surface area contributed by atoms with Gasteiger partial charge < -0.3 is 5.11 Å². The number of carbonyl (C=O) groups is 1. The Morgan fingerprint density at radius 2 is 2.00 bits per heavy atom. The number of nitrogens with zero attached hydrogens (tertiary/aromatic N) is 1. The van der Waals surface area contributed by atoms with E-state index in [-0.39, 0.29) is 11.1 Å². The third-order valence-corrected chi connectivity index (χ3v) is 3.77. The second-order valence-electron chi connectivity index (χ2n) is 4.07. The van der Waals surface area contributed by atoms with Crippen molar-refractivity contribution in [1.82, 2.24) is 4.57 Å². The Morgan fingerprint density at radius 3 is 2.79 bits per heavy atom. The first-order chi connectivity index (χ1) is 9.15. The second kappa shape index (κ2) is 4.37. The minimum Gasteiger partial charge on any atom is -0.478 e. The Hall–Kier alpha value is -2.40. The van der Waals surface area contributed by atoms with Crippen molar-refractivity contribution in [3.05, 3.63) is 63.9 Å². The summed E-state index contributed by atoms with van der Waals surface area (Å²) in [6.45, 7) is 0. The fourth-order valence-electron chi connectivity index (χ4n) is 1.92. The molecule has 0 aliphatic heterocycles. The van der Waals surface area contributed by atoms with Gasteiger partial charge in [0, 0.05) is 22.7 Å². The quantitative estimate of drug-likeness (QED) is 0.779. The summed E-state index contributed by atoms with van der Waals surface area (Å²) in [6, 6.07) is 10.2. The predicted molar refractivity (Wildman–Crippen MR) is 74.4 cm³/mol. The summed E-state index contributed by atoms with van der Waals surface area (Å²) >= 11 is 1.62. The van der Waals surface area contributed by atoms with Gasteiger partial charge >= 0.3 is 5.97 Å². The second-order valence-corrected chi connectivity index (χ2v) is 5.02. The zero-order chi connectivity index (χ0) is 13.4. The average molecular weight is 271 g/mol. The molecule has 0 radical (unpaired) electrons. The van der Waals surface area contributed by atoms with Gasteiger partial charge in [0.15, 0.2) is 0 Å². The van der Waals surface area contributed by atoms with Gasteiger partial charge in [0.2, 0.25) is 0 Å². The number of aromatic nitrogens is 1. The van der Waals surface area contributed by atoms with Gasteiger partial charge in [0.1, 0.15) is 0 Å². The molecule has 3 rings (SSSR count). The molecule has 0 unspecified atom stereocenters. The fourth-order valence-corrected chi connectivity index (χ4v) is 2.69. The Kier molecular flexibility index (Phi) is 2.68. The van der Waals surface area contributed by atoms with Crippen molar-refractivity contribution >= 4 is 27.4 Å². The largest absolute Gasteiger partial charge is 0.478 e. The predicted octanol–water partition coefficient (Wildman–Crippen LogP) is 2.75. The standard InChI is InChI=1S/C14H9NO3S/c16-13-4-1-10(14(17)18)8-15(13)11-2-3-12-9(7-11)5-6-19-12/h1-8H,(H,17,18). The third kappa shape index (κ3) is 2.04. The van der Waals surface area contributed by atoms with E-state index in [0.717, 1.165) is 10.1 Å². The molecule has 2 heterocycles. The number of hydrogen-bond donors (Lipinski definition) is 1. The molecule has 0 amide bonds. The highest BCUT2D eigenvalue weighted by atomic mass is 32.1. The van der Waals surface area contributed by atoms with Crippen LogP contribution in [0, 0.1) is 0 Å². The highest BCUT2D eigenvalue weighted by molar-refractivity contribution is 7.17. The lowest BCUT2D eigenvalue weighted by Gasteiger charge is -2.06. The van der Waals surface area contributed by atoms with E-state index in [1.807, 2.05) is 29.6 Å². The van der Waals surface area contributed by atoms with E-state index in [0.29, 0.717) is 5.69 Å². The molecule has 1 N–H and O–H groups in total. The maximum Gasteiger partial charge on any atom is 0.337 e. The molecule has 94 valence electrons. The number of benzene rings is 1. The van der Waals surface area contributed by atoms with Gasteiger partial charge in [0.05, 0.1) is 5.56 Å². The summed E-state index contributed by atoms with van der Waals surface area (Å²) in [5.74, 6) is -1.05. The van der Waals surface area contributed by atoms with Crippen LogP contribution in [0.25, 0.3) is 15.8 Å². The Labute approximate surface area is 112 Å². The summed E-state index contributed by atoms with van der Waals surface area (Å²) in [5.41, 5.74) is 0.503. The third-order valence-electron chi connectivity index (χ3n) is 2.87. The van der Waals surface area contributed by atoms with E-state index in [1.54, 1.807) is 11.3 Å². The zero-order valence-electron chi connectivity index (χ0n) is 9.74. The number of hydrogen-bond acceptors (Lipinski definition) is 3. The summed E-state index contributed by atoms with van der Waals surface area (Å²) in [4.78, 5) is 22.8. The summed E-state index contributed by atoms with van der Waals surface area (Å²) in [5, 5.41) is 12.0. The number of thiophene rings is 1. The van der Waals surface area contributed by atoms with Crippen LogP contribution in [0.2, 0.25) is 0 Å². The van der Waals surface area contributed by atoms with Crippen molar-refractivity contribution in [2.24, 2.45) is 0 Å². The van der Waals surface area contributed by atoms with Gasteiger partial charge in [-0.05, 0) is 41.1 Å². The first-order valence-corrected chi connectivity index (χ1v) is 6.47. The van der Waals surface area contributed by atoms with Crippen molar-refractivity contribution < 1.29 is 9.90 Å². The van der Waals surface area contributed by atoms with Gasteiger partial charge in [0.25, 0.3) is 5.56 Å². The van der Waals surface area contributed by atoms with Crippen LogP contribution in [0.5, 0.6) is 0 Å². The Morgan fingerprint density at radius 1 is 1.16 bits per heavy atom. The number of carboxylic acids is 1. The number of rotatable bonds is 2. The lowest BCUT2D eigenvalue weighted by atomic mass is 10.2. The summed E-state index contributed by atoms with van der Waals surface area (Å²) in [6.07, 6.45) is 1.35. The van der Waals surface area contributed by atoms with Crippen molar-refractivity contribution in [3.8, 4) is 5.69 Å². The molecule has 0 saturated heterocycles. The zero-order valence-corrected chi connectivity index (χ0v) is 10.6. The van der Waals surface area contributed by atoms with Crippen molar-refractivity contribution in [3.63, 3.8) is 0 Å². The molecule has 0 saturated carbocycles. The van der Waals surface area contributed by atoms with Crippen LogP contribution in [-0.2, 0) is 0 Å². The van der Waals surface area contributed by atoms with Crippen molar-refractivity contribution in [2.75, 3.05) is 0 Å². The molecular weight excluding hydrogens is 262 g/mol. The molecule has 0 aliphatic rings. The molecule has 19 heavy (non-hydrogen) atoms. The monoisotopic (exact) mass is 271 g/mol. The minimum atomic E-state index is -1.05. The molecule has 0 fully saturated rings. The highest BCUT2D eigenvalue weighted by Gasteiger charge is 2.07. The van der Waals surface area contributed by atoms with Crippen molar-refractivity contribution in [1.29, 1.82) is 0 Å². The number of pyridine rings is 1. The van der Waals surface area contributed by atoms with Crippen LogP contribution in [-0.4, -0.2) is 15.6 Å². The topological polar surface area (TPSA) is 59.3 Å². The van der Waals surface area contributed by atoms with E-state index in [2.05, 4.69) is 0 Å². The van der Waals surface area contributed by atoms with Crippen LogP contribution in [0.3, 0.4) is 0 Å². The van der Waals surface area contributed by atoms with Gasteiger partial charge in [-0.1, -0.05) is 0 Å². The van der Waals surface area contributed by atoms with Gasteiger partial charge in [-0.15, -0.1) is 11.3 Å². The minimum absolute atomic E-state index is 0.0880. The SMILES string of the molecule is O=C(O)c1ccc(=O)n(-c2ccc3sccc3c2)c1. The van der Waals surface area contributed by atoms with E-state index in [1.165, 1.54) is 22.9 Å². The van der Waals surface area contributed by atoms with E-state index >= 15 is 0 Å². The lowest BCUT2D eigenvalue weighted by Crippen LogP contribution is -2.18. The molecule has 0 aliphatic carbocycles. The van der Waals surface area contributed by atoms with Gasteiger partial charge in [-0.2, -0.15) is 0 Å². The lowest BCUT2D eigenvalue weighted by molar-refractivity contribution is 0.0696. The Balaban J connectivity index is 2.22. The molecular formula is C14H9NO3S. The molecule has 3 aromatic rings. The van der Waals surface area contributed by atoms with E-state index in [9.17, 15) is 9.59 Å². The normalized spacial score (nSPS) is 10.7. The summed E-state index contributed by atoms with van der Waals surface area (Å²) < 4.78 is 2.48. The van der Waals surface area contributed by atoms with E-state index in [4.69, 9.17) is 5.11 Å². The van der Waals surface area contributed by atoms with Crippen LogP contribution in [0.15, 0.2) is 52.8 Å². The van der Waals surface area contributed by atoms with Crippen LogP contribution >= 0.6 is 11.3 Å². The van der Waals surface area contributed by atoms with Gasteiger partial charge in [-0.25, -0.2) is 4.79 Å². The first-order valence-electron chi connectivity index (χ1n) is 5.59. The molecule has 4 nitrogen and oxygen atoms in total. The molecule has 0 bridgehead atoms. The average Bonchev–Trinajstić information content (AvgIpc) is 2.86. The molecule has 0 atom stereocenters. The number of fused-ring (bicyclic) bond motifs is 1. The molecule has 1 aromatic carbocycles. The van der Waals surface area contributed by atoms with E-state index < -0.39 is 5.97 Å². The van der Waals surface area contributed by atoms with Crippen LogP contribution < -0.4 is 5.56 Å². The maximum absolute atomic E-state index is 11.8. The van der Waals surface area contributed by atoms with Crippen LogP contribution in [0.1, 0.15) is 10.4 Å². The number of carboxylic acid groups (broad SMARTS) is 1. The highest BCUT2D eigenvalue weighted by Crippen LogP contribution is 2.23. The fraction of sp³-hybridized carbons (Fsp3) is 0. The van der Waals surface area contributed by atoms with Gasteiger partial charge in [-0.3, -0.25) is 9.36 Å². The first kappa shape index (κ1) is 11.7. The molecule has 2 aromatic heterocycles. The smallest absolute Gasteiger partial charge is 0.337 e. The summed E-state index contributed by atoms with van der Waals surface area (Å²) in [7, 11) is 0. The number of aromatic carboxylic acids is 1. The molecule has 5 heteroatoms. The maximum atomic E-state index is 11.8. The van der Waals surface area contributed by atoms with Crippen LogP contribution in [0.4, 0.5) is 0 Å². The van der Waals surface area contributed by atoms with Crippen molar-refractivity contribution in [2.45, 2.75) is 0 Å². The molecule has 0 spiro atoms. The Bertz CT molecular complexity index is 832.